The first kappa shape index (κ1) is 31.4. The Hall–Kier alpha value is -0.990. The molecule has 6 heterocycles. The highest BCUT2D eigenvalue weighted by Crippen LogP contribution is 2.46. The van der Waals surface area contributed by atoms with Crippen LogP contribution in [0.25, 0.3) is 0 Å². The number of likely N-dealkylation sites (tertiary alicyclic amines) is 1. The summed E-state index contributed by atoms with van der Waals surface area (Å²) in [6, 6.07) is -1.15. The predicted octanol–water partition coefficient (Wildman–Crippen LogP) is -0.00390. The summed E-state index contributed by atoms with van der Waals surface area (Å²) in [5, 5.41) is 17.3. The van der Waals surface area contributed by atoms with Gasteiger partial charge in [-0.05, 0) is 63.6 Å². The Morgan fingerprint density at radius 2 is 1.80 bits per heavy atom. The summed E-state index contributed by atoms with van der Waals surface area (Å²) in [6.07, 6.45) is 2.13. The largest absolute Gasteiger partial charge is 0.379 e. The quantitative estimate of drug-likeness (QED) is 0.250. The molecule has 1 amide bonds. The Labute approximate surface area is 243 Å². The van der Waals surface area contributed by atoms with Crippen molar-refractivity contribution in [3.63, 3.8) is 0 Å². The molecule has 41 heavy (non-hydrogen) atoms. The minimum Gasteiger partial charge on any atom is -0.379 e. The van der Waals surface area contributed by atoms with E-state index in [0.29, 0.717) is 45.8 Å². The van der Waals surface area contributed by atoms with Crippen molar-refractivity contribution in [2.24, 2.45) is 28.7 Å². The fraction of sp³-hybridized carbons (Fsp3) is 0.966. The topological polar surface area (TPSA) is 132 Å². The summed E-state index contributed by atoms with van der Waals surface area (Å²) in [6.45, 7) is 7.93. The number of hydrogen-bond acceptors (Lipinski definition) is 9. The van der Waals surface area contributed by atoms with Gasteiger partial charge in [-0.1, -0.05) is 13.3 Å². The molecule has 0 aromatic carbocycles. The van der Waals surface area contributed by atoms with Crippen molar-refractivity contribution in [3.8, 4) is 0 Å². The maximum absolute atomic E-state index is 15.5. The van der Waals surface area contributed by atoms with Crippen molar-refractivity contribution < 1.29 is 23.4 Å². The highest BCUT2D eigenvalue weighted by Gasteiger charge is 2.48. The van der Waals surface area contributed by atoms with Gasteiger partial charge in [0, 0.05) is 44.7 Å². The monoisotopic (exact) mass is 585 g/mol. The highest BCUT2D eigenvalue weighted by atomic mass is 19.1. The number of carbonyl (C=O) groups is 1. The maximum atomic E-state index is 15.5. The Bertz CT molecular complexity index is 860. The van der Waals surface area contributed by atoms with E-state index in [2.05, 4.69) is 32.3 Å². The van der Waals surface area contributed by atoms with Crippen molar-refractivity contribution in [2.45, 2.75) is 94.7 Å². The van der Waals surface area contributed by atoms with Crippen LogP contribution in [0.2, 0.25) is 0 Å². The lowest BCUT2D eigenvalue weighted by molar-refractivity contribution is -0.133. The van der Waals surface area contributed by atoms with E-state index in [9.17, 15) is 14.3 Å². The second-order valence-corrected chi connectivity index (χ2v) is 13.3. The number of morpholine rings is 1. The Morgan fingerprint density at radius 3 is 2.49 bits per heavy atom. The number of aliphatic hydroxyl groups excluding tert-OH is 1. The zero-order valence-corrected chi connectivity index (χ0v) is 24.7. The molecular weight excluding hydrogens is 532 g/mol. The third-order valence-corrected chi connectivity index (χ3v) is 11.0. The Balaban J connectivity index is 1.25. The van der Waals surface area contributed by atoms with Crippen LogP contribution in [0.3, 0.4) is 0 Å². The predicted molar refractivity (Wildman–Crippen MR) is 153 cm³/mol. The van der Waals surface area contributed by atoms with Crippen molar-refractivity contribution in [2.75, 3.05) is 65.6 Å². The molecule has 10 nitrogen and oxygen atoms in total. The number of ether oxygens (including phenoxy) is 1. The second kappa shape index (κ2) is 13.8. The number of carbonyl (C=O) groups excluding carboxylic acids is 1. The summed E-state index contributed by atoms with van der Waals surface area (Å²) >= 11 is 0. The summed E-state index contributed by atoms with van der Waals surface area (Å²) in [4.78, 5) is 20.3. The van der Waals surface area contributed by atoms with Crippen molar-refractivity contribution in [3.05, 3.63) is 0 Å². The number of rotatable bonds is 8. The lowest BCUT2D eigenvalue weighted by Crippen LogP contribution is -2.68. The summed E-state index contributed by atoms with van der Waals surface area (Å²) < 4.78 is 35.7. The molecule has 6 aliphatic heterocycles. The molecule has 9 unspecified atom stereocenters. The number of fused-ring (bicyclic) bond motifs is 5. The molecule has 0 aromatic rings. The van der Waals surface area contributed by atoms with Gasteiger partial charge in [0.05, 0.1) is 37.4 Å². The Morgan fingerprint density at radius 1 is 1.07 bits per heavy atom. The molecule has 236 valence electrons. The van der Waals surface area contributed by atoms with Gasteiger partial charge in [-0.25, -0.2) is 8.78 Å². The first-order valence-corrected chi connectivity index (χ1v) is 16.0. The van der Waals surface area contributed by atoms with E-state index in [0.717, 1.165) is 58.2 Å². The van der Waals surface area contributed by atoms with Crippen LogP contribution in [-0.2, 0) is 9.53 Å². The zero-order valence-electron chi connectivity index (χ0n) is 24.7. The lowest BCUT2D eigenvalue weighted by atomic mass is 9.66. The smallest absolute Gasteiger partial charge is 0.227 e. The first-order valence-electron chi connectivity index (χ1n) is 16.0. The van der Waals surface area contributed by atoms with Crippen molar-refractivity contribution >= 4 is 5.91 Å². The number of nitrogens with zero attached hydrogens (tertiary/aromatic N) is 3. The molecule has 0 spiro atoms. The standard InChI is InChI=1S/C29H53F2N7O3/c1-2-29-6-3-20(30)18-38(10-7-29)23(15-29)24(26(32)33)27(39)35-22-17-34-16-21(31)25(22)36-8-4-19(5-9-36)28(40)37-11-13-41-14-12-37/h19-26,28,34,40H,2-18,32-33H2,1H3,(H,35,39). The average molecular weight is 586 g/mol. The normalized spacial score (nSPS) is 39.7. The van der Waals surface area contributed by atoms with Gasteiger partial charge in [-0.2, -0.15) is 0 Å². The van der Waals surface area contributed by atoms with E-state index < -0.39 is 42.7 Å². The van der Waals surface area contributed by atoms with Crippen molar-refractivity contribution in [1.82, 2.24) is 25.3 Å². The van der Waals surface area contributed by atoms with Gasteiger partial charge in [0.15, 0.2) is 0 Å². The van der Waals surface area contributed by atoms with E-state index in [4.69, 9.17) is 16.2 Å². The van der Waals surface area contributed by atoms with Crippen molar-refractivity contribution in [1.29, 1.82) is 0 Å². The fourth-order valence-corrected chi connectivity index (χ4v) is 8.37. The number of hydrogen-bond donors (Lipinski definition) is 5. The van der Waals surface area contributed by atoms with Gasteiger partial charge < -0.3 is 31.9 Å². The van der Waals surface area contributed by atoms with Gasteiger partial charge in [-0.3, -0.25) is 19.5 Å². The molecule has 2 bridgehead atoms. The minimum absolute atomic E-state index is 0.00552. The van der Waals surface area contributed by atoms with Crippen LogP contribution in [0.5, 0.6) is 0 Å². The third-order valence-electron chi connectivity index (χ3n) is 11.0. The van der Waals surface area contributed by atoms with Crippen LogP contribution < -0.4 is 22.1 Å². The molecule has 6 saturated heterocycles. The molecule has 0 aromatic heterocycles. The van der Waals surface area contributed by atoms with E-state index >= 15 is 4.39 Å². The second-order valence-electron chi connectivity index (χ2n) is 13.3. The molecule has 0 radical (unpaired) electrons. The fourth-order valence-electron chi connectivity index (χ4n) is 8.37. The molecule has 7 N–H and O–H groups in total. The van der Waals surface area contributed by atoms with E-state index in [-0.39, 0.29) is 29.8 Å². The molecule has 0 aliphatic carbocycles. The summed E-state index contributed by atoms with van der Waals surface area (Å²) in [5.74, 6) is -0.839. The molecule has 0 saturated carbocycles. The minimum atomic E-state index is -1.14. The van der Waals surface area contributed by atoms with E-state index in [1.54, 1.807) is 0 Å². The van der Waals surface area contributed by atoms with E-state index in [1.165, 1.54) is 0 Å². The average Bonchev–Trinajstić information content (AvgIpc) is 2.96. The van der Waals surface area contributed by atoms with Gasteiger partial charge in [0.2, 0.25) is 5.91 Å². The molecule has 6 aliphatic rings. The molecule has 12 heteroatoms. The SMILES string of the molecule is CCC12CCC(F)CN(CC1)C(C(C(=O)NC1CNCC(F)C1N1CCC(C(O)N3CCOCC3)CC1)C(N)N)C2. The van der Waals surface area contributed by atoms with Crippen LogP contribution in [0, 0.1) is 17.3 Å². The third kappa shape index (κ3) is 7.06. The first-order chi connectivity index (χ1) is 19.7. The number of alkyl halides is 2. The number of piperidine rings is 3. The molecule has 6 rings (SSSR count). The summed E-state index contributed by atoms with van der Waals surface area (Å²) in [7, 11) is 0. The van der Waals surface area contributed by atoms with Gasteiger partial charge in [-0.15, -0.1) is 0 Å². The number of nitrogens with one attached hydrogen (secondary N) is 2. The highest BCUT2D eigenvalue weighted by molar-refractivity contribution is 5.80. The van der Waals surface area contributed by atoms with Crippen LogP contribution in [0.15, 0.2) is 0 Å². The van der Waals surface area contributed by atoms with Crippen LogP contribution in [-0.4, -0.2) is 134 Å². The zero-order chi connectivity index (χ0) is 29.1. The number of halogens is 2. The number of nitrogens with two attached hydrogens (primary N) is 2. The lowest BCUT2D eigenvalue weighted by Gasteiger charge is -2.52. The Kier molecular flexibility index (Phi) is 10.5. The molecule has 9 atom stereocenters. The molecular formula is C29H53F2N7O3. The van der Waals surface area contributed by atoms with Crippen LogP contribution in [0.4, 0.5) is 8.78 Å². The van der Waals surface area contributed by atoms with Crippen LogP contribution in [0.1, 0.15) is 51.9 Å². The van der Waals surface area contributed by atoms with Gasteiger partial charge in [0.25, 0.3) is 0 Å². The van der Waals surface area contributed by atoms with Crippen LogP contribution >= 0.6 is 0 Å². The summed E-state index contributed by atoms with van der Waals surface area (Å²) in [5.41, 5.74) is 12.6. The maximum Gasteiger partial charge on any atom is 0.227 e. The molecule has 6 fully saturated rings. The van der Waals surface area contributed by atoms with E-state index in [1.807, 2.05) is 0 Å². The van der Waals surface area contributed by atoms with Gasteiger partial charge in [0.1, 0.15) is 18.6 Å². The number of amides is 1. The van der Waals surface area contributed by atoms with Gasteiger partial charge >= 0.3 is 0 Å². The number of aliphatic hydroxyl groups is 1.